The summed E-state index contributed by atoms with van der Waals surface area (Å²) in [6.45, 7) is 7.85. The van der Waals surface area contributed by atoms with Crippen molar-refractivity contribution in [2.24, 2.45) is 0 Å². The highest BCUT2D eigenvalue weighted by Crippen LogP contribution is 2.26. The highest BCUT2D eigenvalue weighted by atomic mass is 16.3. The smallest absolute Gasteiger partial charge is 0.258 e. The molecule has 1 aromatic carbocycles. The first-order valence-corrected chi connectivity index (χ1v) is 9.69. The number of carbonyl (C=O) groups is 2. The van der Waals surface area contributed by atoms with Gasteiger partial charge >= 0.3 is 0 Å². The van der Waals surface area contributed by atoms with E-state index in [0.29, 0.717) is 23.6 Å². The van der Waals surface area contributed by atoms with Crippen molar-refractivity contribution in [2.75, 3.05) is 13.1 Å². The Balaban J connectivity index is 1.98. The van der Waals surface area contributed by atoms with Crippen molar-refractivity contribution in [3.63, 3.8) is 0 Å². The summed E-state index contributed by atoms with van der Waals surface area (Å²) < 4.78 is 7.39. The molecular weight excluding hydrogens is 368 g/mol. The second-order valence-corrected chi connectivity index (χ2v) is 7.12. The van der Waals surface area contributed by atoms with Crippen LogP contribution in [0.15, 0.2) is 53.1 Å². The molecule has 0 saturated heterocycles. The lowest BCUT2D eigenvalue weighted by Crippen LogP contribution is -2.42. The second kappa shape index (κ2) is 8.77. The van der Waals surface area contributed by atoms with Crippen LogP contribution in [0.4, 0.5) is 0 Å². The molecule has 1 N–H and O–H groups in total. The predicted octanol–water partition coefficient (Wildman–Crippen LogP) is 3.43. The quantitative estimate of drug-likeness (QED) is 0.666. The first-order valence-electron chi connectivity index (χ1n) is 9.69. The van der Waals surface area contributed by atoms with Crippen molar-refractivity contribution in [1.82, 2.24) is 20.0 Å². The summed E-state index contributed by atoms with van der Waals surface area (Å²) in [7, 11) is 0. The fourth-order valence-electron chi connectivity index (χ4n) is 3.03. The number of aryl methyl sites for hydroxylation is 1. The third kappa shape index (κ3) is 4.74. The molecule has 3 rings (SSSR count). The van der Waals surface area contributed by atoms with E-state index < -0.39 is 0 Å². The fourth-order valence-corrected chi connectivity index (χ4v) is 3.03. The topological polar surface area (TPSA) is 80.4 Å². The summed E-state index contributed by atoms with van der Waals surface area (Å²) in [6.07, 6.45) is 1.69. The lowest BCUT2D eigenvalue weighted by molar-refractivity contribution is -0.122. The molecule has 0 atom stereocenters. The number of furan rings is 1. The maximum atomic E-state index is 13.3. The molecule has 7 heteroatoms. The van der Waals surface area contributed by atoms with Crippen molar-refractivity contribution in [3.05, 3.63) is 60.0 Å². The minimum atomic E-state index is -0.266. The zero-order valence-electron chi connectivity index (χ0n) is 17.2. The number of hydrogen-bond donors (Lipinski definition) is 1. The van der Waals surface area contributed by atoms with Crippen molar-refractivity contribution in [1.29, 1.82) is 0 Å². The second-order valence-electron chi connectivity index (χ2n) is 7.12. The third-order valence-corrected chi connectivity index (χ3v) is 4.39. The van der Waals surface area contributed by atoms with E-state index in [1.165, 1.54) is 4.90 Å². The summed E-state index contributed by atoms with van der Waals surface area (Å²) in [4.78, 5) is 27.0. The number of benzene rings is 1. The van der Waals surface area contributed by atoms with Gasteiger partial charge in [-0.1, -0.05) is 18.2 Å². The Hall–Kier alpha value is -3.35. The van der Waals surface area contributed by atoms with Gasteiger partial charge in [-0.05, 0) is 52.0 Å². The van der Waals surface area contributed by atoms with Gasteiger partial charge in [0.1, 0.15) is 11.5 Å². The first kappa shape index (κ1) is 20.4. The molecule has 0 aliphatic carbocycles. The third-order valence-electron chi connectivity index (χ3n) is 4.39. The van der Waals surface area contributed by atoms with Gasteiger partial charge in [0, 0.05) is 18.8 Å². The van der Waals surface area contributed by atoms with E-state index in [0.717, 1.165) is 11.4 Å². The molecule has 0 aliphatic rings. The molecule has 0 saturated carbocycles. The molecule has 0 spiro atoms. The minimum Gasteiger partial charge on any atom is -0.460 e. The number of hydrogen-bond acceptors (Lipinski definition) is 4. The standard InChI is InChI=1S/C22H26N4O3/c1-5-25(14-20(27)23-15(2)3)22(28)18-13-26(17-9-7-6-8-10-17)24-21(18)19-12-11-16(4)29-19/h6-13,15H,5,14H2,1-4H3,(H,23,27). The van der Waals surface area contributed by atoms with Gasteiger partial charge < -0.3 is 14.6 Å². The molecule has 0 fully saturated rings. The van der Waals surface area contributed by atoms with Crippen molar-refractivity contribution in [2.45, 2.75) is 33.7 Å². The summed E-state index contributed by atoms with van der Waals surface area (Å²) in [5.74, 6) is 0.790. The Morgan fingerprint density at radius 3 is 2.48 bits per heavy atom. The van der Waals surface area contributed by atoms with Gasteiger partial charge in [0.15, 0.2) is 5.76 Å². The number of rotatable bonds is 7. The zero-order valence-corrected chi connectivity index (χ0v) is 17.2. The van der Waals surface area contributed by atoms with E-state index in [-0.39, 0.29) is 24.4 Å². The van der Waals surface area contributed by atoms with Crippen LogP contribution in [0.25, 0.3) is 17.1 Å². The molecule has 152 valence electrons. The first-order chi connectivity index (χ1) is 13.9. The van der Waals surface area contributed by atoms with Crippen LogP contribution in [0.5, 0.6) is 0 Å². The maximum absolute atomic E-state index is 13.3. The van der Waals surface area contributed by atoms with Crippen molar-refractivity contribution in [3.8, 4) is 17.1 Å². The Bertz CT molecular complexity index is 989. The Morgan fingerprint density at radius 2 is 1.90 bits per heavy atom. The number of para-hydroxylation sites is 1. The number of aromatic nitrogens is 2. The van der Waals surface area contributed by atoms with Gasteiger partial charge in [-0.2, -0.15) is 5.10 Å². The maximum Gasteiger partial charge on any atom is 0.258 e. The van der Waals surface area contributed by atoms with Gasteiger partial charge in [0.2, 0.25) is 5.91 Å². The molecule has 0 unspecified atom stereocenters. The normalized spacial score (nSPS) is 10.9. The monoisotopic (exact) mass is 394 g/mol. The lowest BCUT2D eigenvalue weighted by atomic mass is 10.2. The van der Waals surface area contributed by atoms with E-state index >= 15 is 0 Å². The van der Waals surface area contributed by atoms with Gasteiger partial charge in [-0.25, -0.2) is 4.68 Å². The highest BCUT2D eigenvalue weighted by Gasteiger charge is 2.25. The molecule has 0 aliphatic heterocycles. The lowest BCUT2D eigenvalue weighted by Gasteiger charge is -2.20. The van der Waals surface area contributed by atoms with Crippen LogP contribution in [0.3, 0.4) is 0 Å². The fraction of sp³-hybridized carbons (Fsp3) is 0.318. The number of nitrogens with zero attached hydrogens (tertiary/aromatic N) is 3. The number of nitrogens with one attached hydrogen (secondary N) is 1. The van der Waals surface area contributed by atoms with E-state index in [1.807, 2.05) is 64.1 Å². The van der Waals surface area contributed by atoms with E-state index in [4.69, 9.17) is 4.42 Å². The molecule has 29 heavy (non-hydrogen) atoms. The number of carbonyl (C=O) groups excluding carboxylic acids is 2. The summed E-state index contributed by atoms with van der Waals surface area (Å²) >= 11 is 0. The van der Waals surface area contributed by atoms with E-state index in [9.17, 15) is 9.59 Å². The predicted molar refractivity (Wildman–Crippen MR) is 111 cm³/mol. The van der Waals surface area contributed by atoms with Gasteiger partial charge in [0.05, 0.1) is 17.8 Å². The molecular formula is C22H26N4O3. The molecule has 3 aromatic rings. The van der Waals surface area contributed by atoms with Gasteiger partial charge in [0.25, 0.3) is 5.91 Å². The minimum absolute atomic E-state index is 0.0128. The largest absolute Gasteiger partial charge is 0.460 e. The van der Waals surface area contributed by atoms with Crippen LogP contribution >= 0.6 is 0 Å². The molecule has 0 radical (unpaired) electrons. The van der Waals surface area contributed by atoms with Crippen molar-refractivity contribution < 1.29 is 14.0 Å². The number of amides is 2. The molecule has 2 heterocycles. The summed E-state index contributed by atoms with van der Waals surface area (Å²) in [5, 5.41) is 7.43. The average Bonchev–Trinajstić information content (AvgIpc) is 3.32. The molecule has 0 bridgehead atoms. The Morgan fingerprint density at radius 1 is 1.17 bits per heavy atom. The van der Waals surface area contributed by atoms with Crippen molar-refractivity contribution >= 4 is 11.8 Å². The SMILES string of the molecule is CCN(CC(=O)NC(C)C)C(=O)c1cn(-c2ccccc2)nc1-c1ccc(C)o1. The Labute approximate surface area is 170 Å². The van der Waals surface area contributed by atoms with Crippen LogP contribution in [0.2, 0.25) is 0 Å². The average molecular weight is 394 g/mol. The number of likely N-dealkylation sites (N-methyl/N-ethyl adjacent to an activating group) is 1. The van der Waals surface area contributed by atoms with Crippen LogP contribution in [0, 0.1) is 6.92 Å². The van der Waals surface area contributed by atoms with E-state index in [1.54, 1.807) is 16.9 Å². The Kier molecular flexibility index (Phi) is 6.16. The van der Waals surface area contributed by atoms with Gasteiger partial charge in [-0.3, -0.25) is 9.59 Å². The van der Waals surface area contributed by atoms with E-state index in [2.05, 4.69) is 10.4 Å². The van der Waals surface area contributed by atoms with Crippen LogP contribution < -0.4 is 5.32 Å². The summed E-state index contributed by atoms with van der Waals surface area (Å²) in [5.41, 5.74) is 1.67. The molecule has 2 aromatic heterocycles. The van der Waals surface area contributed by atoms with Crippen LogP contribution in [0.1, 0.15) is 36.9 Å². The molecule has 7 nitrogen and oxygen atoms in total. The van der Waals surface area contributed by atoms with Crippen LogP contribution in [-0.2, 0) is 4.79 Å². The molecule has 2 amide bonds. The van der Waals surface area contributed by atoms with Crippen LogP contribution in [-0.4, -0.2) is 45.6 Å². The highest BCUT2D eigenvalue weighted by molar-refractivity contribution is 6.01. The van der Waals surface area contributed by atoms with Gasteiger partial charge in [-0.15, -0.1) is 0 Å². The zero-order chi connectivity index (χ0) is 21.0. The summed E-state index contributed by atoms with van der Waals surface area (Å²) in [6, 6.07) is 13.2.